The van der Waals surface area contributed by atoms with Gasteiger partial charge in [0.1, 0.15) is 0 Å². The molecule has 0 aromatic heterocycles. The van der Waals surface area contributed by atoms with E-state index in [1.165, 1.54) is 250 Å². The van der Waals surface area contributed by atoms with Gasteiger partial charge in [-0.25, -0.2) is 0 Å². The lowest BCUT2D eigenvalue weighted by atomic mass is 10.0. The minimum absolute atomic E-state index is 0.00737. The maximum atomic E-state index is 12.4. The number of aliphatic hydroxyl groups excluding tert-OH is 2. The molecule has 0 aliphatic heterocycles. The molecule has 0 aromatic rings. The van der Waals surface area contributed by atoms with Gasteiger partial charge in [-0.15, -0.1) is 0 Å². The molecule has 0 rings (SSSR count). The molecule has 0 spiro atoms. The van der Waals surface area contributed by atoms with E-state index in [4.69, 9.17) is 4.74 Å². The van der Waals surface area contributed by atoms with E-state index < -0.39 is 12.1 Å². The number of nitrogens with one attached hydrogen (secondary N) is 1. The highest BCUT2D eigenvalue weighted by molar-refractivity contribution is 5.76. The predicted octanol–water partition coefficient (Wildman–Crippen LogP) is 18.1. The van der Waals surface area contributed by atoms with Crippen LogP contribution in [0.5, 0.6) is 0 Å². The van der Waals surface area contributed by atoms with Crippen LogP contribution in [0.25, 0.3) is 0 Å². The lowest BCUT2D eigenvalue weighted by Crippen LogP contribution is -2.45. The normalized spacial score (nSPS) is 12.6. The Morgan fingerprint density at radius 2 is 0.723 bits per heavy atom. The van der Waals surface area contributed by atoms with Gasteiger partial charge in [-0.3, -0.25) is 9.59 Å². The third-order valence-corrected chi connectivity index (χ3v) is 13.8. The van der Waals surface area contributed by atoms with Gasteiger partial charge >= 0.3 is 5.97 Å². The number of allylic oxidation sites excluding steroid dienone is 2. The van der Waals surface area contributed by atoms with E-state index in [2.05, 4.69) is 31.3 Å². The highest BCUT2D eigenvalue weighted by atomic mass is 16.5. The van der Waals surface area contributed by atoms with E-state index in [-0.39, 0.29) is 18.5 Å². The average molecular weight is 919 g/mol. The van der Waals surface area contributed by atoms with Crippen molar-refractivity contribution in [2.24, 2.45) is 0 Å². The average Bonchev–Trinajstić information content (AvgIpc) is 3.31. The summed E-state index contributed by atoms with van der Waals surface area (Å²) in [5.74, 6) is -0.0264. The lowest BCUT2D eigenvalue weighted by molar-refractivity contribution is -0.143. The first-order valence-corrected chi connectivity index (χ1v) is 29.4. The summed E-state index contributed by atoms with van der Waals surface area (Å²) in [6, 6.07) is -0.537. The standard InChI is InChI=1S/C59H115NO5/c1-3-5-7-9-11-13-15-29-33-37-41-45-49-53-59(64)65-54-50-46-42-38-34-31-28-26-24-22-20-18-16-17-19-21-23-25-27-30-32-36-40-44-48-52-58(63)60-56(55-61)57(62)51-47-43-39-35-14-12-10-8-6-4-2/h13,15,56-57,61-62H,3-12,14,16-55H2,1-2H3,(H,60,63)/b15-13-. The Morgan fingerprint density at radius 1 is 0.415 bits per heavy atom. The van der Waals surface area contributed by atoms with Crippen LogP contribution >= 0.6 is 0 Å². The fourth-order valence-corrected chi connectivity index (χ4v) is 9.28. The number of hydrogen-bond donors (Lipinski definition) is 3. The summed E-state index contributed by atoms with van der Waals surface area (Å²) in [6.07, 6.45) is 65.1. The third-order valence-electron chi connectivity index (χ3n) is 13.8. The molecule has 0 aliphatic carbocycles. The lowest BCUT2D eigenvalue weighted by Gasteiger charge is -2.22. The molecule has 6 heteroatoms. The summed E-state index contributed by atoms with van der Waals surface area (Å²) in [7, 11) is 0. The number of ether oxygens (including phenoxy) is 1. The second-order valence-corrected chi connectivity index (χ2v) is 20.3. The van der Waals surface area contributed by atoms with Gasteiger partial charge in [-0.2, -0.15) is 0 Å². The van der Waals surface area contributed by atoms with Gasteiger partial charge in [0.15, 0.2) is 0 Å². The highest BCUT2D eigenvalue weighted by Gasteiger charge is 2.20. The summed E-state index contributed by atoms with van der Waals surface area (Å²) >= 11 is 0. The van der Waals surface area contributed by atoms with Crippen LogP contribution < -0.4 is 5.32 Å². The van der Waals surface area contributed by atoms with Gasteiger partial charge in [0.25, 0.3) is 0 Å². The molecule has 0 fully saturated rings. The Morgan fingerprint density at radius 3 is 1.11 bits per heavy atom. The van der Waals surface area contributed by atoms with Gasteiger partial charge in [0.2, 0.25) is 5.91 Å². The van der Waals surface area contributed by atoms with E-state index in [1.54, 1.807) is 0 Å². The maximum absolute atomic E-state index is 12.4. The van der Waals surface area contributed by atoms with Crippen LogP contribution in [0.3, 0.4) is 0 Å². The molecular weight excluding hydrogens is 803 g/mol. The van der Waals surface area contributed by atoms with E-state index >= 15 is 0 Å². The zero-order valence-electron chi connectivity index (χ0n) is 44.0. The van der Waals surface area contributed by atoms with Crippen molar-refractivity contribution in [3.63, 3.8) is 0 Å². The number of carbonyl (C=O) groups is 2. The first-order chi connectivity index (χ1) is 32.0. The number of amides is 1. The molecule has 0 saturated carbocycles. The molecule has 2 unspecified atom stereocenters. The van der Waals surface area contributed by atoms with Crippen molar-refractivity contribution >= 4 is 11.9 Å². The van der Waals surface area contributed by atoms with Crippen molar-refractivity contribution in [1.82, 2.24) is 5.32 Å². The molecule has 0 aliphatic rings. The van der Waals surface area contributed by atoms with Crippen molar-refractivity contribution in [1.29, 1.82) is 0 Å². The van der Waals surface area contributed by atoms with Crippen LogP contribution in [0.15, 0.2) is 12.2 Å². The maximum Gasteiger partial charge on any atom is 0.305 e. The third kappa shape index (κ3) is 51.8. The van der Waals surface area contributed by atoms with Gasteiger partial charge in [0, 0.05) is 12.8 Å². The van der Waals surface area contributed by atoms with Gasteiger partial charge in [-0.05, 0) is 51.4 Å². The van der Waals surface area contributed by atoms with Gasteiger partial charge < -0.3 is 20.3 Å². The minimum atomic E-state index is -0.660. The summed E-state index contributed by atoms with van der Waals surface area (Å²) in [5.41, 5.74) is 0. The number of esters is 1. The van der Waals surface area contributed by atoms with Crippen molar-refractivity contribution < 1.29 is 24.5 Å². The van der Waals surface area contributed by atoms with Crippen LogP contribution in [0.4, 0.5) is 0 Å². The number of unbranched alkanes of at least 4 members (excludes halogenated alkanes) is 42. The molecule has 65 heavy (non-hydrogen) atoms. The Bertz CT molecular complexity index is 970. The molecule has 0 heterocycles. The zero-order chi connectivity index (χ0) is 47.2. The highest BCUT2D eigenvalue weighted by Crippen LogP contribution is 2.18. The fourth-order valence-electron chi connectivity index (χ4n) is 9.28. The van der Waals surface area contributed by atoms with Crippen LogP contribution in [0.2, 0.25) is 0 Å². The van der Waals surface area contributed by atoms with Crippen LogP contribution in [-0.2, 0) is 14.3 Å². The van der Waals surface area contributed by atoms with Crippen molar-refractivity contribution in [3.05, 3.63) is 12.2 Å². The molecule has 0 saturated heterocycles. The van der Waals surface area contributed by atoms with E-state index in [1.807, 2.05) is 0 Å². The van der Waals surface area contributed by atoms with Crippen molar-refractivity contribution in [3.8, 4) is 0 Å². The second kappa shape index (κ2) is 55.2. The fraction of sp³-hybridized carbons (Fsp3) is 0.932. The largest absolute Gasteiger partial charge is 0.466 e. The molecule has 0 radical (unpaired) electrons. The molecule has 1 amide bonds. The number of aliphatic hydroxyl groups is 2. The van der Waals surface area contributed by atoms with Crippen LogP contribution in [-0.4, -0.2) is 47.4 Å². The number of hydrogen-bond acceptors (Lipinski definition) is 5. The Hall–Kier alpha value is -1.40. The van der Waals surface area contributed by atoms with Crippen LogP contribution in [0, 0.1) is 0 Å². The second-order valence-electron chi connectivity index (χ2n) is 20.3. The van der Waals surface area contributed by atoms with Gasteiger partial charge in [-0.1, -0.05) is 276 Å². The first kappa shape index (κ1) is 63.6. The summed E-state index contributed by atoms with van der Waals surface area (Å²) in [4.78, 5) is 24.4. The molecule has 0 bridgehead atoms. The monoisotopic (exact) mass is 918 g/mol. The van der Waals surface area contributed by atoms with E-state index in [0.717, 1.165) is 44.9 Å². The summed E-state index contributed by atoms with van der Waals surface area (Å²) < 4.78 is 5.47. The zero-order valence-corrected chi connectivity index (χ0v) is 44.0. The number of carbonyl (C=O) groups excluding carboxylic acids is 2. The molecule has 3 N–H and O–H groups in total. The Balaban J connectivity index is 3.33. The van der Waals surface area contributed by atoms with Crippen molar-refractivity contribution in [2.75, 3.05) is 13.2 Å². The topological polar surface area (TPSA) is 95.9 Å². The quantitative estimate of drug-likeness (QED) is 0.0321. The van der Waals surface area contributed by atoms with Crippen LogP contribution in [0.1, 0.15) is 328 Å². The Kier molecular flexibility index (Phi) is 54.0. The Labute approximate surface area is 406 Å². The predicted molar refractivity (Wildman–Crippen MR) is 283 cm³/mol. The minimum Gasteiger partial charge on any atom is -0.466 e. The smallest absolute Gasteiger partial charge is 0.305 e. The SMILES string of the molecule is CCCCCC/C=C\CCCCCCCC(=O)OCCCCCCCCCCCCCCCCCCCCCCCCCCCC(=O)NC(CO)C(O)CCCCCCCCCCCC. The van der Waals surface area contributed by atoms with E-state index in [9.17, 15) is 19.8 Å². The summed E-state index contributed by atoms with van der Waals surface area (Å²) in [6.45, 7) is 4.94. The van der Waals surface area contributed by atoms with Crippen molar-refractivity contribution in [2.45, 2.75) is 341 Å². The first-order valence-electron chi connectivity index (χ1n) is 29.4. The number of rotatable bonds is 55. The van der Waals surface area contributed by atoms with Gasteiger partial charge in [0.05, 0.1) is 25.4 Å². The van der Waals surface area contributed by atoms with E-state index in [0.29, 0.717) is 25.9 Å². The molecule has 386 valence electrons. The summed E-state index contributed by atoms with van der Waals surface area (Å²) in [5, 5.41) is 23.1. The molecule has 2 atom stereocenters. The molecular formula is C59H115NO5. The molecule has 6 nitrogen and oxygen atoms in total. The molecule has 0 aromatic carbocycles.